The molecule has 0 aliphatic heterocycles. The van der Waals surface area contributed by atoms with E-state index in [1.54, 1.807) is 0 Å². The summed E-state index contributed by atoms with van der Waals surface area (Å²) < 4.78 is 0. The number of benzene rings is 1. The van der Waals surface area contributed by atoms with E-state index < -0.39 is 0 Å². The zero-order valence-electron chi connectivity index (χ0n) is 11.5. The van der Waals surface area contributed by atoms with Gasteiger partial charge in [-0.25, -0.2) is 0 Å². The fourth-order valence-corrected chi connectivity index (χ4v) is 1.58. The summed E-state index contributed by atoms with van der Waals surface area (Å²) in [5, 5.41) is 2.94. The van der Waals surface area contributed by atoms with Crippen LogP contribution >= 0.6 is 0 Å². The van der Waals surface area contributed by atoms with Crippen LogP contribution in [0.4, 0.5) is 0 Å². The summed E-state index contributed by atoms with van der Waals surface area (Å²) in [6, 6.07) is 8.24. The highest BCUT2D eigenvalue weighted by atomic mass is 16.1. The molecular formula is C15H27NO. The molecule has 17 heavy (non-hydrogen) atoms. The van der Waals surface area contributed by atoms with Gasteiger partial charge < -0.3 is 5.32 Å². The summed E-state index contributed by atoms with van der Waals surface area (Å²) in [5.41, 5.74) is 2.54. The quantitative estimate of drug-likeness (QED) is 0.825. The van der Waals surface area contributed by atoms with Crippen LogP contribution < -0.4 is 5.32 Å². The number of hydrogen-bond donors (Lipinski definition) is 1. The monoisotopic (exact) mass is 237 g/mol. The smallest absolute Gasteiger partial charge is 0.220 e. The molecule has 2 heteroatoms. The van der Waals surface area contributed by atoms with Crippen molar-refractivity contribution in [2.45, 2.75) is 53.5 Å². The van der Waals surface area contributed by atoms with Crippen LogP contribution in [-0.4, -0.2) is 5.91 Å². The summed E-state index contributed by atoms with van der Waals surface area (Å²) >= 11 is 0. The van der Waals surface area contributed by atoms with E-state index in [0.29, 0.717) is 13.0 Å². The van der Waals surface area contributed by atoms with E-state index in [9.17, 15) is 4.79 Å². The molecule has 0 saturated heterocycles. The minimum Gasteiger partial charge on any atom is -0.352 e. The van der Waals surface area contributed by atoms with Crippen LogP contribution in [-0.2, 0) is 17.8 Å². The highest BCUT2D eigenvalue weighted by Gasteiger charge is 2.02. The highest BCUT2D eigenvalue weighted by Crippen LogP contribution is 2.08. The fourth-order valence-electron chi connectivity index (χ4n) is 1.58. The van der Waals surface area contributed by atoms with Crippen molar-refractivity contribution < 1.29 is 6.22 Å². The molecule has 0 bridgehead atoms. The topological polar surface area (TPSA) is 29.1 Å². The molecule has 1 aromatic rings. The minimum absolute atomic E-state index is 0. The number of carbonyl (C=O) groups excluding carboxylic acids is 1. The molecule has 0 radical (unpaired) electrons. The highest BCUT2D eigenvalue weighted by molar-refractivity contribution is 5.75. The average Bonchev–Trinajstić information content (AvgIpc) is 2.39. The normalized spacial score (nSPS) is 9.18. The molecule has 98 valence electrons. The van der Waals surface area contributed by atoms with Crippen molar-refractivity contribution in [1.82, 2.24) is 5.32 Å². The maximum absolute atomic E-state index is 11.3. The third-order valence-electron chi connectivity index (χ3n) is 2.45. The second kappa shape index (κ2) is 9.88. The Labute approximate surface area is 107 Å². The molecular weight excluding hydrogens is 210 g/mol. The number of carbonyl (C=O) groups is 1. The number of hydrogen-bond acceptors (Lipinski definition) is 1. The molecule has 0 fully saturated rings. The minimum atomic E-state index is 0. The third-order valence-corrected chi connectivity index (χ3v) is 2.45. The van der Waals surface area contributed by atoms with Crippen molar-refractivity contribution in [3.05, 3.63) is 35.4 Å². The molecule has 0 atom stereocenters. The van der Waals surface area contributed by atoms with Crippen LogP contribution in [0.5, 0.6) is 0 Å². The lowest BCUT2D eigenvalue weighted by molar-refractivity contribution is -0.121. The van der Waals surface area contributed by atoms with E-state index in [0.717, 1.165) is 12.8 Å². The van der Waals surface area contributed by atoms with Crippen LogP contribution in [0, 0.1) is 0 Å². The van der Waals surface area contributed by atoms with E-state index in [4.69, 9.17) is 0 Å². The van der Waals surface area contributed by atoms with Crippen LogP contribution in [0.2, 0.25) is 0 Å². The van der Waals surface area contributed by atoms with Gasteiger partial charge in [-0.2, -0.15) is 0 Å². The molecule has 0 aromatic heterocycles. The first-order chi connectivity index (χ1) is 8.27. The van der Waals surface area contributed by atoms with Gasteiger partial charge >= 0.3 is 0 Å². The number of amides is 1. The van der Waals surface area contributed by atoms with Crippen molar-refractivity contribution >= 4 is 5.91 Å². The van der Waals surface area contributed by atoms with Crippen LogP contribution in [0.15, 0.2) is 24.3 Å². The van der Waals surface area contributed by atoms with Crippen LogP contribution in [0.25, 0.3) is 0 Å². The summed E-state index contributed by atoms with van der Waals surface area (Å²) in [6.07, 6.45) is 2.54. The van der Waals surface area contributed by atoms with Gasteiger partial charge in [0.25, 0.3) is 0 Å². The molecule has 1 aromatic carbocycles. The van der Waals surface area contributed by atoms with E-state index in [-0.39, 0.29) is 7.33 Å². The largest absolute Gasteiger partial charge is 0.352 e. The summed E-state index contributed by atoms with van der Waals surface area (Å²) in [7, 11) is 0. The van der Waals surface area contributed by atoms with E-state index in [1.165, 1.54) is 11.1 Å². The van der Waals surface area contributed by atoms with Crippen molar-refractivity contribution in [2.24, 2.45) is 0 Å². The summed E-state index contributed by atoms with van der Waals surface area (Å²) in [4.78, 5) is 11.3. The molecule has 0 aliphatic rings. The number of rotatable bonds is 5. The SMILES string of the molecule is CC.CCCC(=O)NCc1ccccc1CC.[HH]. The number of aryl methyl sites for hydroxylation is 1. The van der Waals surface area contributed by atoms with Crippen molar-refractivity contribution in [2.75, 3.05) is 0 Å². The van der Waals surface area contributed by atoms with Crippen molar-refractivity contribution in [3.8, 4) is 0 Å². The second-order valence-electron chi connectivity index (χ2n) is 3.65. The predicted octanol–water partition coefficient (Wildman–Crippen LogP) is 3.94. The lowest BCUT2D eigenvalue weighted by atomic mass is 10.1. The molecule has 1 N–H and O–H groups in total. The zero-order chi connectivity index (χ0) is 13.1. The van der Waals surface area contributed by atoms with Crippen molar-refractivity contribution in [3.63, 3.8) is 0 Å². The molecule has 0 spiro atoms. The zero-order valence-corrected chi connectivity index (χ0v) is 11.5. The summed E-state index contributed by atoms with van der Waals surface area (Å²) in [5.74, 6) is 0.142. The lowest BCUT2D eigenvalue weighted by Gasteiger charge is -2.08. The van der Waals surface area contributed by atoms with Gasteiger partial charge in [0.1, 0.15) is 0 Å². The Hall–Kier alpha value is -1.31. The third kappa shape index (κ3) is 6.10. The van der Waals surface area contributed by atoms with Gasteiger partial charge in [0.15, 0.2) is 0 Å². The predicted molar refractivity (Wildman–Crippen MR) is 76.0 cm³/mol. The Bertz CT molecular complexity index is 326. The first-order valence-electron chi connectivity index (χ1n) is 6.61. The van der Waals surface area contributed by atoms with Gasteiger partial charge in [-0.15, -0.1) is 0 Å². The molecule has 1 rings (SSSR count). The van der Waals surface area contributed by atoms with Gasteiger partial charge in [-0.05, 0) is 24.0 Å². The average molecular weight is 237 g/mol. The van der Waals surface area contributed by atoms with E-state index >= 15 is 0 Å². The lowest BCUT2D eigenvalue weighted by Crippen LogP contribution is -2.22. The van der Waals surface area contributed by atoms with E-state index in [2.05, 4.69) is 24.4 Å². The Balaban J connectivity index is 0. The van der Waals surface area contributed by atoms with Gasteiger partial charge in [-0.1, -0.05) is 52.0 Å². The maximum atomic E-state index is 11.3. The van der Waals surface area contributed by atoms with Crippen LogP contribution in [0.3, 0.4) is 0 Å². The van der Waals surface area contributed by atoms with E-state index in [1.807, 2.05) is 32.9 Å². The Kier molecular flexibility index (Phi) is 9.12. The van der Waals surface area contributed by atoms with Gasteiger partial charge in [0, 0.05) is 14.4 Å². The standard InChI is InChI=1S/C13H19NO.C2H6.H2/c1-3-7-13(15)14-10-12-9-6-5-8-11(12)4-2;1-2;/h5-6,8-9H,3-4,7,10H2,1-2H3,(H,14,15);1-2H3;1H. The Morgan fingerprint density at radius 2 is 1.76 bits per heavy atom. The molecule has 0 heterocycles. The fraction of sp³-hybridized carbons (Fsp3) is 0.533. The second-order valence-corrected chi connectivity index (χ2v) is 3.65. The van der Waals surface area contributed by atoms with Gasteiger partial charge in [0.2, 0.25) is 5.91 Å². The van der Waals surface area contributed by atoms with Gasteiger partial charge in [0.05, 0.1) is 0 Å². The summed E-state index contributed by atoms with van der Waals surface area (Å²) in [6.45, 7) is 8.80. The Morgan fingerprint density at radius 1 is 1.18 bits per heavy atom. The molecule has 0 saturated carbocycles. The first-order valence-corrected chi connectivity index (χ1v) is 6.61. The van der Waals surface area contributed by atoms with Crippen molar-refractivity contribution in [1.29, 1.82) is 0 Å². The first kappa shape index (κ1) is 15.7. The molecule has 2 nitrogen and oxygen atoms in total. The molecule has 0 aliphatic carbocycles. The number of nitrogens with one attached hydrogen (secondary N) is 1. The van der Waals surface area contributed by atoms with Gasteiger partial charge in [-0.3, -0.25) is 4.79 Å². The molecule has 0 unspecified atom stereocenters. The molecule has 1 amide bonds. The Morgan fingerprint density at radius 3 is 2.29 bits per heavy atom. The maximum Gasteiger partial charge on any atom is 0.220 e. The van der Waals surface area contributed by atoms with Crippen LogP contribution in [0.1, 0.15) is 53.1 Å².